The highest BCUT2D eigenvalue weighted by atomic mass is 32.1. The van der Waals surface area contributed by atoms with Gasteiger partial charge >= 0.3 is 0 Å². The van der Waals surface area contributed by atoms with Crippen LogP contribution in [0.3, 0.4) is 0 Å². The van der Waals surface area contributed by atoms with E-state index < -0.39 is 0 Å². The SMILES string of the molecule is CN(C)C(=O)C1Cc2sc(C(C)(C)C)nc2N(C)C1. The second kappa shape index (κ2) is 4.78. The Morgan fingerprint density at radius 2 is 2.05 bits per heavy atom. The third-order valence-electron chi connectivity index (χ3n) is 3.40. The lowest BCUT2D eigenvalue weighted by Crippen LogP contribution is -2.41. The van der Waals surface area contributed by atoms with Crippen LogP contribution in [0.15, 0.2) is 0 Å². The molecule has 1 aromatic heterocycles. The van der Waals surface area contributed by atoms with Gasteiger partial charge in [0, 0.05) is 38.0 Å². The maximum absolute atomic E-state index is 12.1. The molecule has 0 spiro atoms. The van der Waals surface area contributed by atoms with Crippen LogP contribution in [-0.2, 0) is 16.6 Å². The van der Waals surface area contributed by atoms with Gasteiger partial charge in [-0.15, -0.1) is 11.3 Å². The zero-order chi connectivity index (χ0) is 14.4. The smallest absolute Gasteiger partial charge is 0.227 e. The van der Waals surface area contributed by atoms with Crippen LogP contribution in [0.2, 0.25) is 0 Å². The van der Waals surface area contributed by atoms with Crippen LogP contribution in [0.1, 0.15) is 30.7 Å². The number of fused-ring (bicyclic) bond motifs is 1. The van der Waals surface area contributed by atoms with E-state index in [1.165, 1.54) is 4.88 Å². The summed E-state index contributed by atoms with van der Waals surface area (Å²) in [6.07, 6.45) is 0.824. The summed E-state index contributed by atoms with van der Waals surface area (Å²) in [6.45, 7) is 7.30. The van der Waals surface area contributed by atoms with Crippen molar-refractivity contribution >= 4 is 23.1 Å². The van der Waals surface area contributed by atoms with E-state index in [-0.39, 0.29) is 17.2 Å². The van der Waals surface area contributed by atoms with Gasteiger partial charge in [0.2, 0.25) is 5.91 Å². The highest BCUT2D eigenvalue weighted by Crippen LogP contribution is 2.37. The molecule has 1 aliphatic heterocycles. The molecule has 1 aromatic rings. The third-order valence-corrected chi connectivity index (χ3v) is 4.89. The lowest BCUT2D eigenvalue weighted by Gasteiger charge is -2.30. The fraction of sp³-hybridized carbons (Fsp3) is 0.714. The van der Waals surface area contributed by atoms with E-state index >= 15 is 0 Å². The van der Waals surface area contributed by atoms with Crippen molar-refractivity contribution in [3.63, 3.8) is 0 Å². The van der Waals surface area contributed by atoms with Crippen LogP contribution >= 0.6 is 11.3 Å². The largest absolute Gasteiger partial charge is 0.358 e. The topological polar surface area (TPSA) is 36.4 Å². The molecule has 0 saturated carbocycles. The van der Waals surface area contributed by atoms with E-state index in [1.54, 1.807) is 16.2 Å². The van der Waals surface area contributed by atoms with Crippen molar-refractivity contribution in [3.05, 3.63) is 9.88 Å². The molecule has 4 nitrogen and oxygen atoms in total. The number of amides is 1. The Labute approximate surface area is 119 Å². The zero-order valence-electron chi connectivity index (χ0n) is 12.6. The normalized spacial score (nSPS) is 19.3. The van der Waals surface area contributed by atoms with E-state index in [2.05, 4.69) is 25.7 Å². The van der Waals surface area contributed by atoms with Crippen molar-refractivity contribution in [2.45, 2.75) is 32.6 Å². The van der Waals surface area contributed by atoms with Crippen LogP contribution in [0.25, 0.3) is 0 Å². The quantitative estimate of drug-likeness (QED) is 0.791. The van der Waals surface area contributed by atoms with Crippen molar-refractivity contribution in [3.8, 4) is 0 Å². The van der Waals surface area contributed by atoms with Crippen molar-refractivity contribution in [1.82, 2.24) is 9.88 Å². The molecule has 106 valence electrons. The van der Waals surface area contributed by atoms with Gasteiger partial charge in [0.05, 0.1) is 5.92 Å². The number of carbonyl (C=O) groups is 1. The summed E-state index contributed by atoms with van der Waals surface area (Å²) in [5.74, 6) is 1.33. The zero-order valence-corrected chi connectivity index (χ0v) is 13.5. The van der Waals surface area contributed by atoms with Gasteiger partial charge in [0.1, 0.15) is 10.8 Å². The van der Waals surface area contributed by atoms with E-state index in [9.17, 15) is 4.79 Å². The molecular weight excluding hydrogens is 258 g/mol. The molecule has 0 bridgehead atoms. The van der Waals surface area contributed by atoms with Crippen LogP contribution < -0.4 is 4.90 Å². The first-order chi connectivity index (χ1) is 8.70. The van der Waals surface area contributed by atoms with Crippen molar-refractivity contribution in [2.24, 2.45) is 5.92 Å². The monoisotopic (exact) mass is 281 g/mol. The van der Waals surface area contributed by atoms with Gasteiger partial charge in [-0.2, -0.15) is 0 Å². The van der Waals surface area contributed by atoms with E-state index in [0.717, 1.165) is 23.8 Å². The minimum atomic E-state index is 0.0563. The standard InChI is InChI=1S/C14H23N3OS/c1-14(2,3)13-15-11-10(19-13)7-9(8-17(11)6)12(18)16(4)5/h9H,7-8H2,1-6H3. The minimum absolute atomic E-state index is 0.0563. The number of nitrogens with zero attached hydrogens (tertiary/aromatic N) is 3. The minimum Gasteiger partial charge on any atom is -0.358 e. The molecule has 1 aliphatic rings. The number of hydrogen-bond donors (Lipinski definition) is 0. The summed E-state index contributed by atoms with van der Waals surface area (Å²) in [5, 5.41) is 1.15. The molecule has 1 amide bonds. The predicted octanol–water partition coefficient (Wildman–Crippen LogP) is 2.14. The third kappa shape index (κ3) is 2.76. The fourth-order valence-corrected chi connectivity index (χ4v) is 3.58. The Hall–Kier alpha value is -1.10. The van der Waals surface area contributed by atoms with Gasteiger partial charge in [0.25, 0.3) is 0 Å². The predicted molar refractivity (Wildman–Crippen MR) is 80.0 cm³/mol. The second-order valence-corrected chi connectivity index (χ2v) is 7.61. The highest BCUT2D eigenvalue weighted by Gasteiger charge is 2.32. The maximum Gasteiger partial charge on any atom is 0.227 e. The summed E-state index contributed by atoms with van der Waals surface area (Å²) in [4.78, 5) is 22.0. The molecule has 0 radical (unpaired) electrons. The van der Waals surface area contributed by atoms with Crippen molar-refractivity contribution < 1.29 is 4.79 Å². The Balaban J connectivity index is 2.29. The molecule has 5 heteroatoms. The number of thiazole rings is 1. The Morgan fingerprint density at radius 3 is 2.58 bits per heavy atom. The summed E-state index contributed by atoms with van der Waals surface area (Å²) < 4.78 is 0. The summed E-state index contributed by atoms with van der Waals surface area (Å²) in [6, 6.07) is 0. The number of rotatable bonds is 1. The lowest BCUT2D eigenvalue weighted by atomic mass is 9.97. The fourth-order valence-electron chi connectivity index (χ4n) is 2.33. The van der Waals surface area contributed by atoms with Gasteiger partial charge in [0.15, 0.2) is 0 Å². The molecule has 1 unspecified atom stereocenters. The molecule has 0 N–H and O–H groups in total. The van der Waals surface area contributed by atoms with Crippen LogP contribution in [0.4, 0.5) is 5.82 Å². The Bertz CT molecular complexity index is 487. The maximum atomic E-state index is 12.1. The molecule has 19 heavy (non-hydrogen) atoms. The average molecular weight is 281 g/mol. The number of hydrogen-bond acceptors (Lipinski definition) is 4. The molecule has 2 rings (SSSR count). The molecule has 2 heterocycles. The first-order valence-corrected chi connectivity index (χ1v) is 7.44. The molecule has 0 saturated heterocycles. The van der Waals surface area contributed by atoms with Crippen LogP contribution in [0, 0.1) is 5.92 Å². The van der Waals surface area contributed by atoms with Gasteiger partial charge in [-0.1, -0.05) is 20.8 Å². The van der Waals surface area contributed by atoms with Gasteiger partial charge in [-0.05, 0) is 6.42 Å². The lowest BCUT2D eigenvalue weighted by molar-refractivity contribution is -0.132. The van der Waals surface area contributed by atoms with Crippen molar-refractivity contribution in [2.75, 3.05) is 32.6 Å². The number of aromatic nitrogens is 1. The van der Waals surface area contributed by atoms with E-state index in [1.807, 2.05) is 21.1 Å². The van der Waals surface area contributed by atoms with Crippen LogP contribution in [0.5, 0.6) is 0 Å². The van der Waals surface area contributed by atoms with E-state index in [4.69, 9.17) is 4.98 Å². The van der Waals surface area contributed by atoms with Gasteiger partial charge in [-0.25, -0.2) is 4.98 Å². The number of carbonyl (C=O) groups excluding carboxylic acids is 1. The molecule has 0 aliphatic carbocycles. The molecular formula is C14H23N3OS. The summed E-state index contributed by atoms with van der Waals surface area (Å²) >= 11 is 1.76. The van der Waals surface area contributed by atoms with Crippen LogP contribution in [-0.4, -0.2) is 43.5 Å². The summed E-state index contributed by atoms with van der Waals surface area (Å²) in [7, 11) is 5.68. The molecule has 1 atom stereocenters. The molecule has 0 aromatic carbocycles. The summed E-state index contributed by atoms with van der Waals surface area (Å²) in [5.41, 5.74) is 0.0733. The Morgan fingerprint density at radius 1 is 1.42 bits per heavy atom. The first-order valence-electron chi connectivity index (χ1n) is 6.62. The number of anilines is 1. The molecule has 0 fully saturated rings. The first kappa shape index (κ1) is 14.3. The van der Waals surface area contributed by atoms with Gasteiger partial charge < -0.3 is 9.80 Å². The second-order valence-electron chi connectivity index (χ2n) is 6.53. The highest BCUT2D eigenvalue weighted by molar-refractivity contribution is 7.12. The van der Waals surface area contributed by atoms with Crippen molar-refractivity contribution in [1.29, 1.82) is 0 Å². The van der Waals surface area contributed by atoms with E-state index in [0.29, 0.717) is 0 Å². The van der Waals surface area contributed by atoms with Gasteiger partial charge in [-0.3, -0.25) is 4.79 Å². The average Bonchev–Trinajstić information content (AvgIpc) is 2.71. The Kier molecular flexibility index (Phi) is 3.60.